The first-order chi connectivity index (χ1) is 7.04. The normalized spacial score (nSPS) is 23.1. The number of carbonyl (C=O) groups excluding carboxylic acids is 1. The van der Waals surface area contributed by atoms with Gasteiger partial charge >= 0.3 is 5.97 Å². The first-order valence-electron chi connectivity index (χ1n) is 4.90. The van der Waals surface area contributed by atoms with E-state index >= 15 is 0 Å². The average Bonchev–Trinajstić information content (AvgIpc) is 2.56. The number of carboxylic acids is 1. The molecule has 0 aromatic heterocycles. The quantitative estimate of drug-likeness (QED) is 0.706. The Hall–Kier alpha value is -0.910. The summed E-state index contributed by atoms with van der Waals surface area (Å²) in [4.78, 5) is 23.5. The first kappa shape index (κ1) is 12.2. The van der Waals surface area contributed by atoms with Gasteiger partial charge in [-0.25, -0.2) is 0 Å². The molecule has 0 spiro atoms. The van der Waals surface area contributed by atoms with Crippen molar-refractivity contribution in [2.24, 2.45) is 5.92 Å². The lowest BCUT2D eigenvalue weighted by molar-refractivity contribution is -0.141. The van der Waals surface area contributed by atoms with Gasteiger partial charge in [0.1, 0.15) is 0 Å². The van der Waals surface area contributed by atoms with Gasteiger partial charge in [0, 0.05) is 41.8 Å². The van der Waals surface area contributed by atoms with Crippen molar-refractivity contribution in [2.75, 3.05) is 24.6 Å². The Morgan fingerprint density at radius 1 is 1.67 bits per heavy atom. The van der Waals surface area contributed by atoms with Crippen molar-refractivity contribution in [3.05, 3.63) is 0 Å². The summed E-state index contributed by atoms with van der Waals surface area (Å²) in [6.45, 7) is 2.49. The molecule has 1 fully saturated rings. The van der Waals surface area contributed by atoms with E-state index in [-0.39, 0.29) is 18.9 Å². The number of carboxylic acid groups (broad SMARTS) is 1. The van der Waals surface area contributed by atoms with Crippen LogP contribution >= 0.6 is 0 Å². The van der Waals surface area contributed by atoms with Gasteiger partial charge in [-0.05, 0) is 0 Å². The summed E-state index contributed by atoms with van der Waals surface area (Å²) in [5.41, 5.74) is 0. The Bertz CT molecular complexity index is 292. The zero-order valence-corrected chi connectivity index (χ0v) is 9.46. The van der Waals surface area contributed by atoms with Crippen LogP contribution in [0.3, 0.4) is 0 Å². The molecule has 0 saturated carbocycles. The predicted octanol–water partition coefficient (Wildman–Crippen LogP) is -0.312. The van der Waals surface area contributed by atoms with Gasteiger partial charge in [-0.1, -0.05) is 6.92 Å². The van der Waals surface area contributed by atoms with Crippen LogP contribution in [0, 0.1) is 5.92 Å². The van der Waals surface area contributed by atoms with Gasteiger partial charge < -0.3 is 10.0 Å². The highest BCUT2D eigenvalue weighted by molar-refractivity contribution is 7.84. The maximum atomic E-state index is 11.4. The molecule has 6 heteroatoms. The fourth-order valence-electron chi connectivity index (χ4n) is 1.51. The van der Waals surface area contributed by atoms with Crippen LogP contribution in [0.1, 0.15) is 13.3 Å². The zero-order valence-electron chi connectivity index (χ0n) is 8.64. The predicted molar refractivity (Wildman–Crippen MR) is 55.9 cm³/mol. The van der Waals surface area contributed by atoms with E-state index in [4.69, 9.17) is 5.11 Å². The van der Waals surface area contributed by atoms with Crippen LogP contribution in [-0.4, -0.2) is 50.7 Å². The molecular weight excluding hydrogens is 218 g/mol. The molecule has 1 aliphatic heterocycles. The molecular formula is C9H15NO4S. The van der Waals surface area contributed by atoms with Gasteiger partial charge in [0.05, 0.1) is 5.92 Å². The average molecular weight is 233 g/mol. The highest BCUT2D eigenvalue weighted by atomic mass is 32.2. The minimum absolute atomic E-state index is 0.0775. The molecule has 0 aromatic carbocycles. The maximum absolute atomic E-state index is 11.4. The molecule has 1 aliphatic rings. The molecule has 0 bridgehead atoms. The molecule has 1 amide bonds. The second-order valence-corrected chi connectivity index (χ2v) is 5.38. The molecule has 86 valence electrons. The highest BCUT2D eigenvalue weighted by Crippen LogP contribution is 2.17. The van der Waals surface area contributed by atoms with Crippen LogP contribution in [0.4, 0.5) is 0 Å². The SMILES string of the molecule is CCS(=O)CCN1CC(C(=O)O)CC1=O. The number of hydrogen-bond donors (Lipinski definition) is 1. The molecule has 1 saturated heterocycles. The van der Waals surface area contributed by atoms with Crippen molar-refractivity contribution in [3.8, 4) is 0 Å². The van der Waals surface area contributed by atoms with Crippen molar-refractivity contribution in [1.29, 1.82) is 0 Å². The number of aliphatic carboxylic acids is 1. The summed E-state index contributed by atoms with van der Waals surface area (Å²) in [5.74, 6) is -0.649. The molecule has 1 rings (SSSR count). The standard InChI is InChI=1S/C9H15NO4S/c1-2-15(14)4-3-10-6-7(9(12)13)5-8(10)11/h7H,2-6H2,1H3,(H,12,13). The number of hydrogen-bond acceptors (Lipinski definition) is 3. The fraction of sp³-hybridized carbons (Fsp3) is 0.778. The third-order valence-electron chi connectivity index (χ3n) is 2.47. The van der Waals surface area contributed by atoms with Crippen molar-refractivity contribution >= 4 is 22.7 Å². The topological polar surface area (TPSA) is 74.7 Å². The van der Waals surface area contributed by atoms with Crippen molar-refractivity contribution in [2.45, 2.75) is 13.3 Å². The molecule has 0 aromatic rings. The lowest BCUT2D eigenvalue weighted by Crippen LogP contribution is -2.30. The van der Waals surface area contributed by atoms with E-state index in [1.165, 1.54) is 4.90 Å². The number of nitrogens with zero attached hydrogens (tertiary/aromatic N) is 1. The lowest BCUT2D eigenvalue weighted by Gasteiger charge is -2.14. The smallest absolute Gasteiger partial charge is 0.308 e. The highest BCUT2D eigenvalue weighted by Gasteiger charge is 2.33. The van der Waals surface area contributed by atoms with E-state index in [0.717, 1.165) is 0 Å². The molecule has 2 atom stereocenters. The third-order valence-corrected chi connectivity index (χ3v) is 3.76. The summed E-state index contributed by atoms with van der Waals surface area (Å²) in [7, 11) is -0.901. The summed E-state index contributed by atoms with van der Waals surface area (Å²) in [5, 5.41) is 8.73. The number of likely N-dealkylation sites (tertiary alicyclic amines) is 1. The van der Waals surface area contributed by atoms with Crippen LogP contribution in [0.25, 0.3) is 0 Å². The van der Waals surface area contributed by atoms with E-state index in [9.17, 15) is 13.8 Å². The molecule has 0 aliphatic carbocycles. The van der Waals surface area contributed by atoms with Gasteiger partial charge in [0.2, 0.25) is 5.91 Å². The van der Waals surface area contributed by atoms with E-state index in [0.29, 0.717) is 18.1 Å². The van der Waals surface area contributed by atoms with Crippen LogP contribution in [-0.2, 0) is 20.4 Å². The Balaban J connectivity index is 2.41. The van der Waals surface area contributed by atoms with Crippen molar-refractivity contribution in [3.63, 3.8) is 0 Å². The maximum Gasteiger partial charge on any atom is 0.308 e. The molecule has 1 N–H and O–H groups in total. The van der Waals surface area contributed by atoms with Crippen molar-refractivity contribution < 1.29 is 18.9 Å². The minimum atomic E-state index is -0.928. The van der Waals surface area contributed by atoms with Crippen LogP contribution in [0.15, 0.2) is 0 Å². The Morgan fingerprint density at radius 3 is 2.80 bits per heavy atom. The fourth-order valence-corrected chi connectivity index (χ4v) is 2.22. The van der Waals surface area contributed by atoms with Gasteiger partial charge in [-0.15, -0.1) is 0 Å². The second-order valence-electron chi connectivity index (χ2n) is 3.51. The Morgan fingerprint density at radius 2 is 2.33 bits per heavy atom. The van der Waals surface area contributed by atoms with E-state index < -0.39 is 22.7 Å². The summed E-state index contributed by atoms with van der Waals surface area (Å²) in [6, 6.07) is 0. The van der Waals surface area contributed by atoms with E-state index in [1.807, 2.05) is 6.92 Å². The van der Waals surface area contributed by atoms with E-state index in [2.05, 4.69) is 0 Å². The molecule has 1 heterocycles. The van der Waals surface area contributed by atoms with Gasteiger partial charge in [0.15, 0.2) is 0 Å². The third kappa shape index (κ3) is 3.30. The van der Waals surface area contributed by atoms with E-state index in [1.54, 1.807) is 0 Å². The Kier molecular flexibility index (Phi) is 4.26. The number of rotatable bonds is 5. The van der Waals surface area contributed by atoms with Crippen LogP contribution < -0.4 is 0 Å². The summed E-state index contributed by atoms with van der Waals surface area (Å²) < 4.78 is 11.1. The van der Waals surface area contributed by atoms with Crippen LogP contribution in [0.5, 0.6) is 0 Å². The summed E-state index contributed by atoms with van der Waals surface area (Å²) >= 11 is 0. The molecule has 0 radical (unpaired) electrons. The first-order valence-corrected chi connectivity index (χ1v) is 6.39. The monoisotopic (exact) mass is 233 g/mol. The van der Waals surface area contributed by atoms with Gasteiger partial charge in [-0.2, -0.15) is 0 Å². The zero-order chi connectivity index (χ0) is 11.4. The molecule has 2 unspecified atom stereocenters. The lowest BCUT2D eigenvalue weighted by atomic mass is 10.1. The Labute approximate surface area is 90.9 Å². The van der Waals surface area contributed by atoms with Crippen LogP contribution in [0.2, 0.25) is 0 Å². The molecule has 5 nitrogen and oxygen atoms in total. The number of amides is 1. The van der Waals surface area contributed by atoms with Gasteiger partial charge in [0.25, 0.3) is 0 Å². The molecule has 15 heavy (non-hydrogen) atoms. The second kappa shape index (κ2) is 5.25. The summed E-state index contributed by atoms with van der Waals surface area (Å²) in [6.07, 6.45) is 0.0775. The van der Waals surface area contributed by atoms with Gasteiger partial charge in [-0.3, -0.25) is 13.8 Å². The minimum Gasteiger partial charge on any atom is -0.481 e. The number of carbonyl (C=O) groups is 2. The van der Waals surface area contributed by atoms with Crippen molar-refractivity contribution in [1.82, 2.24) is 4.90 Å². The largest absolute Gasteiger partial charge is 0.481 e.